The topological polar surface area (TPSA) is 67.4 Å². The number of aryl methyl sites for hydroxylation is 1. The first kappa shape index (κ1) is 17.8. The third kappa shape index (κ3) is 4.99. The maximum absolute atomic E-state index is 12.2. The molecule has 0 fully saturated rings. The van der Waals surface area contributed by atoms with Crippen LogP contribution in [-0.4, -0.2) is 25.2 Å². The van der Waals surface area contributed by atoms with Crippen LogP contribution < -0.4 is 10.6 Å². The van der Waals surface area contributed by atoms with E-state index >= 15 is 0 Å². The number of esters is 1. The van der Waals surface area contributed by atoms with E-state index in [1.165, 1.54) is 7.11 Å². The van der Waals surface area contributed by atoms with Crippen molar-refractivity contribution in [2.24, 2.45) is 0 Å². The third-order valence-corrected chi connectivity index (χ3v) is 3.91. The van der Waals surface area contributed by atoms with Crippen LogP contribution >= 0.6 is 11.6 Å². The molecule has 0 aliphatic carbocycles. The number of nitrogens with one attached hydrogen (secondary N) is 2. The molecule has 5 nitrogen and oxygen atoms in total. The van der Waals surface area contributed by atoms with Gasteiger partial charge in [-0.15, -0.1) is 0 Å². The number of carbonyl (C=O) groups is 2. The van der Waals surface area contributed by atoms with Gasteiger partial charge in [0.05, 0.1) is 7.11 Å². The van der Waals surface area contributed by atoms with Gasteiger partial charge in [0.25, 0.3) is 0 Å². The quantitative estimate of drug-likeness (QED) is 0.813. The lowest BCUT2D eigenvalue weighted by Gasteiger charge is -2.17. The third-order valence-electron chi connectivity index (χ3n) is 3.50. The van der Waals surface area contributed by atoms with Crippen molar-refractivity contribution in [2.75, 3.05) is 12.4 Å². The van der Waals surface area contributed by atoms with E-state index in [-0.39, 0.29) is 0 Å². The molecule has 0 heterocycles. The van der Waals surface area contributed by atoms with Crippen LogP contribution in [0.5, 0.6) is 0 Å². The van der Waals surface area contributed by atoms with Gasteiger partial charge in [-0.25, -0.2) is 9.59 Å². The fourth-order valence-corrected chi connectivity index (χ4v) is 2.36. The van der Waals surface area contributed by atoms with E-state index in [4.69, 9.17) is 16.3 Å². The average Bonchev–Trinajstić information content (AvgIpc) is 2.58. The summed E-state index contributed by atoms with van der Waals surface area (Å²) in [6.45, 7) is 1.87. The van der Waals surface area contributed by atoms with E-state index in [1.54, 1.807) is 18.2 Å². The molecule has 2 aromatic carbocycles. The Labute approximate surface area is 146 Å². The number of halogens is 1. The second kappa shape index (κ2) is 8.36. The number of methoxy groups -OCH3 is 1. The van der Waals surface area contributed by atoms with E-state index in [0.717, 1.165) is 11.1 Å². The summed E-state index contributed by atoms with van der Waals surface area (Å²) in [7, 11) is 1.29. The molecule has 2 amide bonds. The van der Waals surface area contributed by atoms with Gasteiger partial charge < -0.3 is 15.4 Å². The number of rotatable bonds is 5. The van der Waals surface area contributed by atoms with E-state index in [0.29, 0.717) is 17.1 Å². The van der Waals surface area contributed by atoms with Crippen LogP contribution in [0.1, 0.15) is 11.1 Å². The standard InChI is InChI=1S/C18H19ClN2O3/c1-12-8-9-14(11-15(12)19)20-18(23)21-16(17(22)24-2)10-13-6-4-3-5-7-13/h3-9,11,16H,10H2,1-2H3,(H2,20,21,23)/t16-/m0/s1. The highest BCUT2D eigenvalue weighted by Crippen LogP contribution is 2.19. The fraction of sp³-hybridized carbons (Fsp3) is 0.222. The summed E-state index contributed by atoms with van der Waals surface area (Å²) in [6.07, 6.45) is 0.343. The van der Waals surface area contributed by atoms with Gasteiger partial charge in [-0.05, 0) is 30.2 Å². The first-order valence-corrected chi connectivity index (χ1v) is 7.83. The Morgan fingerprint density at radius 1 is 1.17 bits per heavy atom. The van der Waals surface area contributed by atoms with Crippen LogP contribution in [-0.2, 0) is 16.0 Å². The second-order valence-electron chi connectivity index (χ2n) is 5.33. The highest BCUT2D eigenvalue weighted by atomic mass is 35.5. The monoisotopic (exact) mass is 346 g/mol. The lowest BCUT2D eigenvalue weighted by Crippen LogP contribution is -2.45. The molecule has 24 heavy (non-hydrogen) atoms. The lowest BCUT2D eigenvalue weighted by molar-refractivity contribution is -0.142. The van der Waals surface area contributed by atoms with Gasteiger partial charge >= 0.3 is 12.0 Å². The van der Waals surface area contributed by atoms with Gasteiger partial charge in [-0.2, -0.15) is 0 Å². The smallest absolute Gasteiger partial charge is 0.328 e. The average molecular weight is 347 g/mol. The van der Waals surface area contributed by atoms with Crippen LogP contribution in [0.2, 0.25) is 5.02 Å². The second-order valence-corrected chi connectivity index (χ2v) is 5.74. The fourth-order valence-electron chi connectivity index (χ4n) is 2.18. The molecule has 0 saturated heterocycles. The van der Waals surface area contributed by atoms with Crippen molar-refractivity contribution >= 4 is 29.3 Å². The number of benzene rings is 2. The zero-order valence-electron chi connectivity index (χ0n) is 13.5. The molecule has 0 aliphatic rings. The molecule has 0 radical (unpaired) electrons. The highest BCUT2D eigenvalue weighted by Gasteiger charge is 2.22. The van der Waals surface area contributed by atoms with Gasteiger partial charge in [0.15, 0.2) is 0 Å². The predicted molar refractivity (Wildman–Crippen MR) is 94.3 cm³/mol. The van der Waals surface area contributed by atoms with Crippen molar-refractivity contribution in [1.29, 1.82) is 0 Å². The van der Waals surface area contributed by atoms with Gasteiger partial charge in [0.2, 0.25) is 0 Å². The molecule has 0 spiro atoms. The number of hydrogen-bond acceptors (Lipinski definition) is 3. The van der Waals surface area contributed by atoms with Crippen molar-refractivity contribution < 1.29 is 14.3 Å². The Bertz CT molecular complexity index is 719. The van der Waals surface area contributed by atoms with Crippen LogP contribution in [0.4, 0.5) is 10.5 Å². The van der Waals surface area contributed by atoms with E-state index < -0.39 is 18.0 Å². The minimum atomic E-state index is -0.779. The molecular formula is C18H19ClN2O3. The van der Waals surface area contributed by atoms with Crippen molar-refractivity contribution in [3.63, 3.8) is 0 Å². The van der Waals surface area contributed by atoms with Gasteiger partial charge in [0, 0.05) is 17.1 Å². The first-order chi connectivity index (χ1) is 11.5. The largest absolute Gasteiger partial charge is 0.467 e. The highest BCUT2D eigenvalue weighted by molar-refractivity contribution is 6.31. The zero-order chi connectivity index (χ0) is 17.5. The van der Waals surface area contributed by atoms with Crippen LogP contribution in [0.3, 0.4) is 0 Å². The normalized spacial score (nSPS) is 11.5. The molecule has 6 heteroatoms. The predicted octanol–water partition coefficient (Wildman–Crippen LogP) is 3.55. The number of amides is 2. The maximum atomic E-state index is 12.2. The zero-order valence-corrected chi connectivity index (χ0v) is 14.3. The number of anilines is 1. The Kier molecular flexibility index (Phi) is 6.21. The molecule has 1 atom stereocenters. The Balaban J connectivity index is 2.03. The van der Waals surface area contributed by atoms with Crippen LogP contribution in [0, 0.1) is 6.92 Å². The van der Waals surface area contributed by atoms with Gasteiger partial charge in [-0.1, -0.05) is 48.0 Å². The lowest BCUT2D eigenvalue weighted by atomic mass is 10.1. The molecule has 0 aromatic heterocycles. The van der Waals surface area contributed by atoms with Crippen molar-refractivity contribution in [2.45, 2.75) is 19.4 Å². The summed E-state index contributed by atoms with van der Waals surface area (Å²) in [5.41, 5.74) is 2.39. The number of carbonyl (C=O) groups excluding carboxylic acids is 2. The van der Waals surface area contributed by atoms with Crippen molar-refractivity contribution in [3.8, 4) is 0 Å². The van der Waals surface area contributed by atoms with E-state index in [2.05, 4.69) is 10.6 Å². The molecule has 2 N–H and O–H groups in total. The summed E-state index contributed by atoms with van der Waals surface area (Å²) in [5, 5.41) is 5.85. The first-order valence-electron chi connectivity index (χ1n) is 7.45. The molecule has 126 valence electrons. The molecule has 0 aliphatic heterocycles. The minimum absolute atomic E-state index is 0.343. The molecule has 0 bridgehead atoms. The maximum Gasteiger partial charge on any atom is 0.328 e. The summed E-state index contributed by atoms with van der Waals surface area (Å²) in [6, 6.07) is 13.3. The number of urea groups is 1. The summed E-state index contributed by atoms with van der Waals surface area (Å²) < 4.78 is 4.77. The van der Waals surface area contributed by atoms with E-state index in [9.17, 15) is 9.59 Å². The summed E-state index contributed by atoms with van der Waals surface area (Å²) in [5.74, 6) is -0.504. The Morgan fingerprint density at radius 3 is 2.50 bits per heavy atom. The van der Waals surface area contributed by atoms with Crippen LogP contribution in [0.25, 0.3) is 0 Å². The summed E-state index contributed by atoms with van der Waals surface area (Å²) >= 11 is 6.04. The van der Waals surface area contributed by atoms with Crippen molar-refractivity contribution in [1.82, 2.24) is 5.32 Å². The molecule has 0 unspecified atom stereocenters. The van der Waals surface area contributed by atoms with Crippen LogP contribution in [0.15, 0.2) is 48.5 Å². The SMILES string of the molecule is COC(=O)[C@H](Cc1ccccc1)NC(=O)Nc1ccc(C)c(Cl)c1. The summed E-state index contributed by atoms with van der Waals surface area (Å²) in [4.78, 5) is 24.1. The molecule has 2 rings (SSSR count). The Morgan fingerprint density at radius 2 is 1.88 bits per heavy atom. The molecule has 2 aromatic rings. The number of ether oxygens (including phenoxy) is 1. The molecular weight excluding hydrogens is 328 g/mol. The van der Waals surface area contributed by atoms with E-state index in [1.807, 2.05) is 37.3 Å². The minimum Gasteiger partial charge on any atom is -0.467 e. The van der Waals surface area contributed by atoms with Gasteiger partial charge in [-0.3, -0.25) is 0 Å². The number of hydrogen-bond donors (Lipinski definition) is 2. The van der Waals surface area contributed by atoms with Gasteiger partial charge in [0.1, 0.15) is 6.04 Å². The molecule has 0 saturated carbocycles. The van der Waals surface area contributed by atoms with Crippen molar-refractivity contribution in [3.05, 3.63) is 64.7 Å². The Hall–Kier alpha value is -2.53.